The molecule has 19 heavy (non-hydrogen) atoms. The van der Waals surface area contributed by atoms with Crippen molar-refractivity contribution in [2.75, 3.05) is 5.32 Å². The smallest absolute Gasteiger partial charge is 0.260 e. The van der Waals surface area contributed by atoms with Gasteiger partial charge in [0.1, 0.15) is 5.82 Å². The SMILES string of the molecule is O=C(Nc1c(Cl)cc(F)cc1Br)c1cccnc1F. The van der Waals surface area contributed by atoms with Crippen LogP contribution in [0, 0.1) is 11.8 Å². The predicted molar refractivity (Wildman–Crippen MR) is 71.3 cm³/mol. The van der Waals surface area contributed by atoms with Gasteiger partial charge in [-0.2, -0.15) is 4.39 Å². The summed E-state index contributed by atoms with van der Waals surface area (Å²) < 4.78 is 26.6. The molecule has 0 spiro atoms. The van der Waals surface area contributed by atoms with Crippen molar-refractivity contribution in [1.29, 1.82) is 0 Å². The topological polar surface area (TPSA) is 42.0 Å². The zero-order chi connectivity index (χ0) is 14.0. The van der Waals surface area contributed by atoms with Crippen LogP contribution in [0.25, 0.3) is 0 Å². The quantitative estimate of drug-likeness (QED) is 0.834. The Hall–Kier alpha value is -1.53. The minimum absolute atomic E-state index is 0.00419. The van der Waals surface area contributed by atoms with Crippen LogP contribution in [0.1, 0.15) is 10.4 Å². The lowest BCUT2D eigenvalue weighted by molar-refractivity contribution is 0.102. The van der Waals surface area contributed by atoms with Gasteiger partial charge in [0.05, 0.1) is 16.3 Å². The molecule has 2 aromatic rings. The number of pyridine rings is 1. The highest BCUT2D eigenvalue weighted by Crippen LogP contribution is 2.32. The number of rotatable bonds is 2. The fourth-order valence-electron chi connectivity index (χ4n) is 1.40. The minimum Gasteiger partial charge on any atom is -0.320 e. The summed E-state index contributed by atoms with van der Waals surface area (Å²) in [4.78, 5) is 15.2. The maximum atomic E-state index is 13.3. The van der Waals surface area contributed by atoms with Gasteiger partial charge in [-0.05, 0) is 40.2 Å². The number of halogens is 4. The van der Waals surface area contributed by atoms with E-state index < -0.39 is 17.7 Å². The Kier molecular flexibility index (Phi) is 4.11. The van der Waals surface area contributed by atoms with Crippen molar-refractivity contribution in [2.45, 2.75) is 0 Å². The number of hydrogen-bond donors (Lipinski definition) is 1. The third kappa shape index (κ3) is 3.08. The van der Waals surface area contributed by atoms with Crippen LogP contribution in [-0.2, 0) is 0 Å². The minimum atomic E-state index is -0.894. The Morgan fingerprint density at radius 2 is 2.11 bits per heavy atom. The van der Waals surface area contributed by atoms with E-state index in [0.29, 0.717) is 0 Å². The normalized spacial score (nSPS) is 10.3. The number of aromatic nitrogens is 1. The summed E-state index contributed by atoms with van der Waals surface area (Å²) in [6, 6.07) is 4.89. The van der Waals surface area contributed by atoms with Gasteiger partial charge in [0.25, 0.3) is 5.91 Å². The summed E-state index contributed by atoms with van der Waals surface area (Å²) >= 11 is 8.88. The zero-order valence-corrected chi connectivity index (χ0v) is 11.6. The highest BCUT2D eigenvalue weighted by molar-refractivity contribution is 9.10. The van der Waals surface area contributed by atoms with E-state index >= 15 is 0 Å². The average Bonchev–Trinajstić information content (AvgIpc) is 2.34. The van der Waals surface area contributed by atoms with Crippen molar-refractivity contribution in [3.05, 3.63) is 57.3 Å². The van der Waals surface area contributed by atoms with Gasteiger partial charge < -0.3 is 5.32 Å². The molecule has 1 aromatic heterocycles. The Labute approximate surface area is 120 Å². The third-order valence-corrected chi connectivity index (χ3v) is 3.17. The molecule has 0 aliphatic rings. The lowest BCUT2D eigenvalue weighted by atomic mass is 10.2. The van der Waals surface area contributed by atoms with Crippen LogP contribution >= 0.6 is 27.5 Å². The highest BCUT2D eigenvalue weighted by atomic mass is 79.9. The van der Waals surface area contributed by atoms with Crippen molar-refractivity contribution in [2.24, 2.45) is 0 Å². The summed E-state index contributed by atoms with van der Waals surface area (Å²) in [6.07, 6.45) is 1.23. The predicted octanol–water partition coefficient (Wildman–Crippen LogP) is 4.03. The van der Waals surface area contributed by atoms with E-state index in [9.17, 15) is 13.6 Å². The summed E-state index contributed by atoms with van der Waals surface area (Å²) in [7, 11) is 0. The number of carbonyl (C=O) groups is 1. The van der Waals surface area contributed by atoms with Crippen molar-refractivity contribution in [3.63, 3.8) is 0 Å². The van der Waals surface area contributed by atoms with Crippen molar-refractivity contribution in [1.82, 2.24) is 4.98 Å². The Morgan fingerprint density at radius 3 is 2.74 bits per heavy atom. The van der Waals surface area contributed by atoms with Gasteiger partial charge in [-0.3, -0.25) is 4.79 Å². The molecular weight excluding hydrogens is 341 g/mol. The van der Waals surface area contributed by atoms with Gasteiger partial charge in [0.15, 0.2) is 0 Å². The molecule has 0 aliphatic heterocycles. The number of carbonyl (C=O) groups excluding carboxylic acids is 1. The van der Waals surface area contributed by atoms with Gasteiger partial charge in [0.2, 0.25) is 5.95 Å². The molecular formula is C12H6BrClF2N2O. The first-order valence-electron chi connectivity index (χ1n) is 5.05. The number of hydrogen-bond acceptors (Lipinski definition) is 2. The molecule has 1 heterocycles. The van der Waals surface area contributed by atoms with Gasteiger partial charge in [0, 0.05) is 10.7 Å². The van der Waals surface area contributed by atoms with Gasteiger partial charge in [-0.1, -0.05) is 11.6 Å². The van der Waals surface area contributed by atoms with Crippen molar-refractivity contribution >= 4 is 39.1 Å². The van der Waals surface area contributed by atoms with Crippen LogP contribution in [0.2, 0.25) is 5.02 Å². The fourth-order valence-corrected chi connectivity index (χ4v) is 2.30. The lowest BCUT2D eigenvalue weighted by Gasteiger charge is -2.09. The molecule has 0 radical (unpaired) electrons. The van der Waals surface area contributed by atoms with E-state index in [1.165, 1.54) is 18.3 Å². The molecule has 0 fully saturated rings. The molecule has 98 valence electrons. The standard InChI is InChI=1S/C12H6BrClF2N2O/c13-8-4-6(15)5-9(14)10(8)18-12(19)7-2-1-3-17-11(7)16/h1-5H,(H,18,19). The van der Waals surface area contributed by atoms with Crippen LogP contribution in [0.3, 0.4) is 0 Å². The maximum Gasteiger partial charge on any atom is 0.260 e. The summed E-state index contributed by atoms with van der Waals surface area (Å²) in [5.41, 5.74) is -0.0638. The molecule has 1 N–H and O–H groups in total. The Balaban J connectivity index is 2.32. The summed E-state index contributed by atoms with van der Waals surface area (Å²) in [5.74, 6) is -2.17. The van der Waals surface area contributed by atoms with Gasteiger partial charge in [-0.15, -0.1) is 0 Å². The monoisotopic (exact) mass is 346 g/mol. The lowest BCUT2D eigenvalue weighted by Crippen LogP contribution is -2.15. The molecule has 0 bridgehead atoms. The molecule has 0 saturated carbocycles. The van der Waals surface area contributed by atoms with Crippen LogP contribution in [-0.4, -0.2) is 10.9 Å². The second-order valence-corrected chi connectivity index (χ2v) is 4.80. The second-order valence-electron chi connectivity index (χ2n) is 3.54. The van der Waals surface area contributed by atoms with Crippen molar-refractivity contribution in [3.8, 4) is 0 Å². The largest absolute Gasteiger partial charge is 0.320 e. The second kappa shape index (κ2) is 5.63. The van der Waals surface area contributed by atoms with E-state index in [1.54, 1.807) is 0 Å². The van der Waals surface area contributed by atoms with Crippen molar-refractivity contribution < 1.29 is 13.6 Å². The number of benzene rings is 1. The highest BCUT2D eigenvalue weighted by Gasteiger charge is 2.16. The molecule has 0 atom stereocenters. The average molecular weight is 348 g/mol. The van der Waals surface area contributed by atoms with E-state index in [4.69, 9.17) is 11.6 Å². The van der Waals surface area contributed by atoms with Crippen LogP contribution in [0.15, 0.2) is 34.9 Å². The molecule has 0 aliphatic carbocycles. The van der Waals surface area contributed by atoms with E-state index in [1.807, 2.05) is 0 Å². The first-order chi connectivity index (χ1) is 8.99. The molecule has 7 heteroatoms. The van der Waals surface area contributed by atoms with Crippen LogP contribution < -0.4 is 5.32 Å². The fraction of sp³-hybridized carbons (Fsp3) is 0. The third-order valence-electron chi connectivity index (χ3n) is 2.25. The Bertz CT molecular complexity index is 628. The summed E-state index contributed by atoms with van der Waals surface area (Å²) in [6.45, 7) is 0. The molecule has 0 unspecified atom stereocenters. The van der Waals surface area contributed by atoms with E-state index in [2.05, 4.69) is 26.2 Å². The molecule has 2 rings (SSSR count). The zero-order valence-electron chi connectivity index (χ0n) is 9.25. The maximum absolute atomic E-state index is 13.3. The number of nitrogens with zero attached hydrogens (tertiary/aromatic N) is 1. The Morgan fingerprint density at radius 1 is 1.37 bits per heavy atom. The van der Waals surface area contributed by atoms with Crippen LogP contribution in [0.5, 0.6) is 0 Å². The number of anilines is 1. The molecule has 1 aromatic carbocycles. The van der Waals surface area contributed by atoms with E-state index in [-0.39, 0.29) is 20.7 Å². The van der Waals surface area contributed by atoms with Crippen LogP contribution in [0.4, 0.5) is 14.5 Å². The van der Waals surface area contributed by atoms with Gasteiger partial charge >= 0.3 is 0 Å². The first kappa shape index (κ1) is 13.9. The first-order valence-corrected chi connectivity index (χ1v) is 6.22. The van der Waals surface area contributed by atoms with E-state index in [0.717, 1.165) is 12.1 Å². The molecule has 1 amide bonds. The number of nitrogens with one attached hydrogen (secondary N) is 1. The summed E-state index contributed by atoms with van der Waals surface area (Å²) in [5, 5.41) is 2.40. The van der Waals surface area contributed by atoms with Gasteiger partial charge in [-0.25, -0.2) is 9.37 Å². The molecule has 0 saturated heterocycles. The number of amides is 1. The molecule has 3 nitrogen and oxygen atoms in total.